The molecule has 0 heterocycles. The normalized spacial score (nSPS) is 10.5. The molecule has 0 fully saturated rings. The van der Waals surface area contributed by atoms with Crippen LogP contribution in [-0.4, -0.2) is 17.0 Å². The first-order chi connectivity index (χ1) is 13.9. The van der Waals surface area contributed by atoms with Crippen LogP contribution in [0.15, 0.2) is 66.7 Å². The number of hydrogen-bond acceptors (Lipinski definition) is 3. The van der Waals surface area contributed by atoms with E-state index in [-0.39, 0.29) is 19.4 Å². The van der Waals surface area contributed by atoms with Gasteiger partial charge in [-0.3, -0.25) is 9.59 Å². The molecule has 1 amide bonds. The number of nitrogens with two attached hydrogens (primary N) is 1. The molecular weight excluding hydrogens is 373 g/mol. The van der Waals surface area contributed by atoms with Gasteiger partial charge in [-0.25, -0.2) is 4.39 Å². The van der Waals surface area contributed by atoms with Crippen molar-refractivity contribution in [1.29, 1.82) is 0 Å². The summed E-state index contributed by atoms with van der Waals surface area (Å²) >= 11 is 0. The number of primary amides is 1. The molecule has 3 N–H and O–H groups in total. The van der Waals surface area contributed by atoms with Crippen LogP contribution in [0.3, 0.4) is 0 Å². The van der Waals surface area contributed by atoms with Crippen molar-refractivity contribution in [2.75, 3.05) is 0 Å². The summed E-state index contributed by atoms with van der Waals surface area (Å²) in [7, 11) is 0. The van der Waals surface area contributed by atoms with Crippen molar-refractivity contribution < 1.29 is 23.8 Å². The molecule has 0 aromatic heterocycles. The molecule has 0 aliphatic rings. The fourth-order valence-corrected chi connectivity index (χ4v) is 3.08. The predicted octanol–water partition coefficient (Wildman–Crippen LogP) is 3.73. The largest absolute Gasteiger partial charge is 0.489 e. The van der Waals surface area contributed by atoms with Gasteiger partial charge in [-0.1, -0.05) is 42.5 Å². The molecule has 6 heteroatoms. The Morgan fingerprint density at radius 2 is 1.66 bits per heavy atom. The van der Waals surface area contributed by atoms with Gasteiger partial charge in [0.15, 0.2) is 0 Å². The Labute approximate surface area is 167 Å². The van der Waals surface area contributed by atoms with Crippen LogP contribution in [0.2, 0.25) is 0 Å². The summed E-state index contributed by atoms with van der Waals surface area (Å²) in [6, 6.07) is 18.8. The zero-order valence-corrected chi connectivity index (χ0v) is 15.6. The number of ether oxygens (including phenoxy) is 1. The van der Waals surface area contributed by atoms with Crippen molar-refractivity contribution in [3.05, 3.63) is 89.2 Å². The molecule has 0 unspecified atom stereocenters. The molecule has 3 rings (SSSR count). The van der Waals surface area contributed by atoms with E-state index in [4.69, 9.17) is 15.6 Å². The first-order valence-corrected chi connectivity index (χ1v) is 9.00. The van der Waals surface area contributed by atoms with E-state index in [1.54, 1.807) is 30.3 Å². The Balaban J connectivity index is 1.80. The van der Waals surface area contributed by atoms with Crippen molar-refractivity contribution >= 4 is 11.9 Å². The second-order valence-corrected chi connectivity index (χ2v) is 6.66. The Kier molecular flexibility index (Phi) is 6.24. The van der Waals surface area contributed by atoms with Crippen molar-refractivity contribution in [3.8, 4) is 16.9 Å². The van der Waals surface area contributed by atoms with Gasteiger partial charge in [0.25, 0.3) is 0 Å². The molecule has 5 nitrogen and oxygen atoms in total. The number of para-hydroxylation sites is 1. The lowest BCUT2D eigenvalue weighted by molar-refractivity contribution is -0.136. The molecule has 3 aromatic rings. The van der Waals surface area contributed by atoms with Crippen LogP contribution in [0.5, 0.6) is 5.75 Å². The number of halogens is 1. The second kappa shape index (κ2) is 9.01. The fourth-order valence-electron chi connectivity index (χ4n) is 3.08. The minimum absolute atomic E-state index is 0.0338. The van der Waals surface area contributed by atoms with E-state index >= 15 is 0 Å². The van der Waals surface area contributed by atoms with Crippen LogP contribution >= 0.6 is 0 Å². The highest BCUT2D eigenvalue weighted by molar-refractivity contribution is 5.77. The summed E-state index contributed by atoms with van der Waals surface area (Å²) in [6.07, 6.45) is -0.157. The van der Waals surface area contributed by atoms with Crippen molar-refractivity contribution in [2.45, 2.75) is 19.4 Å². The molecule has 3 aromatic carbocycles. The quantitative estimate of drug-likeness (QED) is 0.610. The Hall–Kier alpha value is -3.67. The first-order valence-electron chi connectivity index (χ1n) is 9.00. The van der Waals surface area contributed by atoms with Crippen LogP contribution < -0.4 is 10.5 Å². The molecular formula is C23H20FNO4. The summed E-state index contributed by atoms with van der Waals surface area (Å²) in [6.45, 7) is 0.230. The highest BCUT2D eigenvalue weighted by atomic mass is 19.1. The van der Waals surface area contributed by atoms with Gasteiger partial charge >= 0.3 is 5.97 Å². The van der Waals surface area contributed by atoms with Gasteiger partial charge in [0, 0.05) is 5.56 Å². The molecule has 0 radical (unpaired) electrons. The monoisotopic (exact) mass is 393 g/mol. The zero-order chi connectivity index (χ0) is 20.8. The number of carbonyl (C=O) groups is 2. The lowest BCUT2D eigenvalue weighted by Gasteiger charge is -2.12. The fraction of sp³-hybridized carbons (Fsp3) is 0.130. The number of carbonyl (C=O) groups excluding carboxylic acids is 1. The zero-order valence-electron chi connectivity index (χ0n) is 15.6. The van der Waals surface area contributed by atoms with Gasteiger partial charge in [-0.05, 0) is 46.5 Å². The summed E-state index contributed by atoms with van der Waals surface area (Å²) in [4.78, 5) is 22.1. The number of hydrogen-bond donors (Lipinski definition) is 2. The van der Waals surface area contributed by atoms with E-state index in [0.29, 0.717) is 22.4 Å². The van der Waals surface area contributed by atoms with Crippen LogP contribution in [0.25, 0.3) is 11.1 Å². The van der Waals surface area contributed by atoms with Gasteiger partial charge in [-0.2, -0.15) is 0 Å². The highest BCUT2D eigenvalue weighted by Crippen LogP contribution is 2.25. The number of carboxylic acid groups (broad SMARTS) is 1. The molecule has 0 aliphatic carbocycles. The number of aliphatic carboxylic acids is 1. The summed E-state index contributed by atoms with van der Waals surface area (Å²) in [5.41, 5.74) is 8.56. The van der Waals surface area contributed by atoms with Gasteiger partial charge < -0.3 is 15.6 Å². The SMILES string of the molecule is NC(=O)Cc1cc(F)cc(-c2cccc(COc3ccccc3CC(=O)O)c2)c1. The van der Waals surface area contributed by atoms with Crippen LogP contribution in [-0.2, 0) is 29.0 Å². The standard InChI is InChI=1S/C23H20FNO4/c24-20-10-16(11-22(25)26)9-19(12-20)17-6-3-4-15(8-17)14-29-21-7-2-1-5-18(21)13-23(27)28/h1-10,12H,11,13-14H2,(H2,25,26)(H,27,28). The molecule has 0 atom stereocenters. The Bertz CT molecular complexity index is 1050. The molecule has 148 valence electrons. The van der Waals surface area contributed by atoms with E-state index < -0.39 is 17.7 Å². The number of benzene rings is 3. The second-order valence-electron chi connectivity index (χ2n) is 6.66. The third-order valence-corrected chi connectivity index (χ3v) is 4.30. The Morgan fingerprint density at radius 3 is 2.41 bits per heavy atom. The smallest absolute Gasteiger partial charge is 0.307 e. The average Bonchev–Trinajstić information content (AvgIpc) is 2.66. The van der Waals surface area contributed by atoms with Crippen molar-refractivity contribution in [2.24, 2.45) is 5.73 Å². The predicted molar refractivity (Wildman–Crippen MR) is 107 cm³/mol. The lowest BCUT2D eigenvalue weighted by atomic mass is 10.00. The maximum absolute atomic E-state index is 14.0. The van der Waals surface area contributed by atoms with Crippen LogP contribution in [0, 0.1) is 5.82 Å². The van der Waals surface area contributed by atoms with Gasteiger partial charge in [0.05, 0.1) is 12.8 Å². The van der Waals surface area contributed by atoms with Gasteiger partial charge in [0.1, 0.15) is 18.2 Å². The third-order valence-electron chi connectivity index (χ3n) is 4.30. The molecule has 0 saturated carbocycles. The summed E-state index contributed by atoms with van der Waals surface area (Å²) in [5, 5.41) is 9.02. The molecule has 0 aliphatic heterocycles. The molecule has 0 bridgehead atoms. The third kappa shape index (κ3) is 5.65. The van der Waals surface area contributed by atoms with E-state index in [0.717, 1.165) is 11.1 Å². The van der Waals surface area contributed by atoms with Crippen molar-refractivity contribution in [3.63, 3.8) is 0 Å². The summed E-state index contributed by atoms with van der Waals surface area (Å²) in [5.74, 6) is -1.39. The highest BCUT2D eigenvalue weighted by Gasteiger charge is 2.09. The average molecular weight is 393 g/mol. The van der Waals surface area contributed by atoms with Gasteiger partial charge in [-0.15, -0.1) is 0 Å². The number of carboxylic acids is 1. The van der Waals surface area contributed by atoms with E-state index in [1.165, 1.54) is 12.1 Å². The molecule has 0 spiro atoms. The maximum atomic E-state index is 14.0. The maximum Gasteiger partial charge on any atom is 0.307 e. The van der Waals surface area contributed by atoms with Crippen molar-refractivity contribution in [1.82, 2.24) is 0 Å². The summed E-state index contributed by atoms with van der Waals surface area (Å²) < 4.78 is 19.8. The number of amides is 1. The van der Waals surface area contributed by atoms with Crippen LogP contribution in [0.4, 0.5) is 4.39 Å². The van der Waals surface area contributed by atoms with E-state index in [9.17, 15) is 14.0 Å². The Morgan fingerprint density at radius 1 is 0.897 bits per heavy atom. The lowest BCUT2D eigenvalue weighted by Crippen LogP contribution is -2.13. The van der Waals surface area contributed by atoms with E-state index in [2.05, 4.69) is 0 Å². The molecule has 29 heavy (non-hydrogen) atoms. The van der Waals surface area contributed by atoms with Gasteiger partial charge in [0.2, 0.25) is 5.91 Å². The van der Waals surface area contributed by atoms with Crippen LogP contribution in [0.1, 0.15) is 16.7 Å². The first kappa shape index (κ1) is 20.1. The topological polar surface area (TPSA) is 89.6 Å². The minimum atomic E-state index is -0.930. The molecule has 0 saturated heterocycles. The minimum Gasteiger partial charge on any atom is -0.489 e. The number of rotatable bonds is 8. The van der Waals surface area contributed by atoms with E-state index in [1.807, 2.05) is 24.3 Å².